The summed E-state index contributed by atoms with van der Waals surface area (Å²) in [5, 5.41) is 0. The lowest BCUT2D eigenvalue weighted by Crippen LogP contribution is -2.01. The fourth-order valence-corrected chi connectivity index (χ4v) is 1.73. The van der Waals surface area contributed by atoms with E-state index in [9.17, 15) is 4.39 Å². The molecule has 1 aromatic heterocycles. The van der Waals surface area contributed by atoms with Crippen LogP contribution in [0.15, 0.2) is 28.9 Å². The number of anilines is 1. The average Bonchev–Trinajstić information content (AvgIpc) is 2.50. The Morgan fingerprint density at radius 2 is 2.20 bits per heavy atom. The molecule has 0 aliphatic heterocycles. The third-order valence-electron chi connectivity index (χ3n) is 2.02. The number of hydrogen-bond acceptors (Lipinski definition) is 2. The first-order valence-electron chi connectivity index (χ1n) is 4.35. The van der Waals surface area contributed by atoms with E-state index in [4.69, 9.17) is 5.73 Å². The van der Waals surface area contributed by atoms with Gasteiger partial charge in [-0.3, -0.25) is 4.57 Å². The van der Waals surface area contributed by atoms with E-state index in [2.05, 4.69) is 20.9 Å². The van der Waals surface area contributed by atoms with Gasteiger partial charge in [0.2, 0.25) is 5.95 Å². The highest BCUT2D eigenvalue weighted by molar-refractivity contribution is 9.10. The molecule has 3 nitrogen and oxygen atoms in total. The molecule has 0 radical (unpaired) electrons. The molecule has 0 saturated carbocycles. The first-order chi connectivity index (χ1) is 7.08. The SMILES string of the molecule is Cc1cn(-c2cc(Br)ccc2F)c(N)n1. The molecule has 0 bridgehead atoms. The largest absolute Gasteiger partial charge is 0.369 e. The van der Waals surface area contributed by atoms with Gasteiger partial charge >= 0.3 is 0 Å². The predicted molar refractivity (Wildman–Crippen MR) is 60.4 cm³/mol. The average molecular weight is 270 g/mol. The van der Waals surface area contributed by atoms with Crippen molar-refractivity contribution in [3.8, 4) is 5.69 Å². The van der Waals surface area contributed by atoms with Gasteiger partial charge in [0.1, 0.15) is 5.82 Å². The summed E-state index contributed by atoms with van der Waals surface area (Å²) in [7, 11) is 0. The van der Waals surface area contributed by atoms with Gasteiger partial charge in [0, 0.05) is 10.7 Å². The highest BCUT2D eigenvalue weighted by atomic mass is 79.9. The summed E-state index contributed by atoms with van der Waals surface area (Å²) in [5.74, 6) is -0.0493. The second-order valence-corrected chi connectivity index (χ2v) is 4.12. The highest BCUT2D eigenvalue weighted by Gasteiger charge is 2.09. The predicted octanol–water partition coefficient (Wildman–Crippen LogP) is 2.66. The molecule has 1 aromatic carbocycles. The minimum absolute atomic E-state index is 0.282. The van der Waals surface area contributed by atoms with Crippen LogP contribution in [-0.4, -0.2) is 9.55 Å². The van der Waals surface area contributed by atoms with Crippen LogP contribution in [0.5, 0.6) is 0 Å². The van der Waals surface area contributed by atoms with Crippen LogP contribution in [0.2, 0.25) is 0 Å². The third kappa shape index (κ3) is 1.87. The Hall–Kier alpha value is -1.36. The monoisotopic (exact) mass is 269 g/mol. The normalized spacial score (nSPS) is 10.6. The summed E-state index contributed by atoms with van der Waals surface area (Å²) in [6, 6.07) is 4.68. The molecule has 0 atom stereocenters. The lowest BCUT2D eigenvalue weighted by atomic mass is 10.3. The molecule has 2 aromatic rings. The van der Waals surface area contributed by atoms with Crippen LogP contribution in [0.3, 0.4) is 0 Å². The Bertz CT molecular complexity index is 507. The van der Waals surface area contributed by atoms with Crippen LogP contribution in [0.4, 0.5) is 10.3 Å². The molecule has 0 aliphatic rings. The number of nitrogens with zero attached hydrogens (tertiary/aromatic N) is 2. The zero-order chi connectivity index (χ0) is 11.0. The van der Waals surface area contributed by atoms with Crippen LogP contribution in [0.1, 0.15) is 5.69 Å². The molecule has 0 aliphatic carbocycles. The zero-order valence-corrected chi connectivity index (χ0v) is 9.62. The number of halogens is 2. The van der Waals surface area contributed by atoms with Crippen molar-refractivity contribution >= 4 is 21.9 Å². The van der Waals surface area contributed by atoms with Gasteiger partial charge in [-0.1, -0.05) is 15.9 Å². The summed E-state index contributed by atoms with van der Waals surface area (Å²) in [4.78, 5) is 4.02. The van der Waals surface area contributed by atoms with Gasteiger partial charge < -0.3 is 5.73 Å². The maximum atomic E-state index is 13.5. The van der Waals surface area contributed by atoms with Crippen LogP contribution in [-0.2, 0) is 0 Å². The van der Waals surface area contributed by atoms with E-state index in [1.807, 2.05) is 6.92 Å². The molecule has 2 N–H and O–H groups in total. The topological polar surface area (TPSA) is 43.8 Å². The first kappa shape index (κ1) is 10.2. The minimum Gasteiger partial charge on any atom is -0.369 e. The Kier molecular flexibility index (Phi) is 2.48. The molecule has 0 saturated heterocycles. The van der Waals surface area contributed by atoms with E-state index in [1.54, 1.807) is 18.3 Å². The smallest absolute Gasteiger partial charge is 0.205 e. The zero-order valence-electron chi connectivity index (χ0n) is 8.04. The fraction of sp³-hybridized carbons (Fsp3) is 0.100. The van der Waals surface area contributed by atoms with Gasteiger partial charge in [0.25, 0.3) is 0 Å². The molecule has 15 heavy (non-hydrogen) atoms. The number of aryl methyl sites for hydroxylation is 1. The van der Waals surface area contributed by atoms with Crippen LogP contribution in [0, 0.1) is 12.7 Å². The van der Waals surface area contributed by atoms with Crippen molar-refractivity contribution in [3.05, 3.63) is 40.4 Å². The van der Waals surface area contributed by atoms with E-state index in [-0.39, 0.29) is 11.8 Å². The molecular weight excluding hydrogens is 261 g/mol. The quantitative estimate of drug-likeness (QED) is 0.865. The molecule has 0 unspecified atom stereocenters. The summed E-state index contributed by atoms with van der Waals surface area (Å²) in [6.07, 6.45) is 1.69. The molecule has 5 heteroatoms. The van der Waals surface area contributed by atoms with Crippen molar-refractivity contribution in [2.45, 2.75) is 6.92 Å². The number of aromatic nitrogens is 2. The van der Waals surface area contributed by atoms with E-state index in [1.165, 1.54) is 10.6 Å². The van der Waals surface area contributed by atoms with Crippen molar-refractivity contribution < 1.29 is 4.39 Å². The molecule has 0 spiro atoms. The summed E-state index contributed by atoms with van der Waals surface area (Å²) in [5.41, 5.74) is 6.81. The first-order valence-corrected chi connectivity index (χ1v) is 5.14. The lowest BCUT2D eigenvalue weighted by molar-refractivity contribution is 0.618. The Morgan fingerprint density at radius 3 is 2.80 bits per heavy atom. The standard InChI is InChI=1S/C10H9BrFN3/c1-6-5-15(10(13)14-6)9-4-7(11)2-3-8(9)12/h2-5H,1H3,(H2,13,14). The number of imidazole rings is 1. The molecular formula is C10H9BrFN3. The van der Waals surface area contributed by atoms with Gasteiger partial charge in [-0.2, -0.15) is 0 Å². The van der Waals surface area contributed by atoms with Crippen molar-refractivity contribution in [2.75, 3.05) is 5.73 Å². The van der Waals surface area contributed by atoms with Crippen LogP contribution in [0.25, 0.3) is 5.69 Å². The van der Waals surface area contributed by atoms with Crippen LogP contribution < -0.4 is 5.73 Å². The van der Waals surface area contributed by atoms with Gasteiger partial charge in [-0.25, -0.2) is 9.37 Å². The number of nitrogens with two attached hydrogens (primary N) is 1. The molecule has 0 fully saturated rings. The molecule has 1 heterocycles. The maximum Gasteiger partial charge on any atom is 0.205 e. The second-order valence-electron chi connectivity index (χ2n) is 3.21. The second kappa shape index (κ2) is 3.66. The molecule has 2 rings (SSSR count). The van der Waals surface area contributed by atoms with Gasteiger partial charge in [-0.15, -0.1) is 0 Å². The fourth-order valence-electron chi connectivity index (χ4n) is 1.38. The van der Waals surface area contributed by atoms with Gasteiger partial charge in [-0.05, 0) is 25.1 Å². The summed E-state index contributed by atoms with van der Waals surface area (Å²) < 4.78 is 15.8. The maximum absolute atomic E-state index is 13.5. The van der Waals surface area contributed by atoms with Crippen molar-refractivity contribution in [3.63, 3.8) is 0 Å². The highest BCUT2D eigenvalue weighted by Crippen LogP contribution is 2.21. The Morgan fingerprint density at radius 1 is 1.47 bits per heavy atom. The number of hydrogen-bond donors (Lipinski definition) is 1. The van der Waals surface area contributed by atoms with Crippen LogP contribution >= 0.6 is 15.9 Å². The van der Waals surface area contributed by atoms with Crippen molar-refractivity contribution in [1.82, 2.24) is 9.55 Å². The molecule has 0 amide bonds. The minimum atomic E-state index is -0.331. The number of rotatable bonds is 1. The van der Waals surface area contributed by atoms with E-state index in [0.29, 0.717) is 5.69 Å². The van der Waals surface area contributed by atoms with E-state index >= 15 is 0 Å². The number of nitrogen functional groups attached to an aromatic ring is 1. The molecule has 78 valence electrons. The Labute approximate surface area is 94.9 Å². The summed E-state index contributed by atoms with van der Waals surface area (Å²) in [6.45, 7) is 1.81. The Balaban J connectivity index is 2.62. The third-order valence-corrected chi connectivity index (χ3v) is 2.51. The number of benzene rings is 1. The van der Waals surface area contributed by atoms with Crippen molar-refractivity contribution in [2.24, 2.45) is 0 Å². The summed E-state index contributed by atoms with van der Waals surface area (Å²) >= 11 is 3.28. The van der Waals surface area contributed by atoms with Crippen molar-refractivity contribution in [1.29, 1.82) is 0 Å². The van der Waals surface area contributed by atoms with Gasteiger partial charge in [0.05, 0.1) is 11.4 Å². The van der Waals surface area contributed by atoms with E-state index in [0.717, 1.165) is 10.2 Å². The van der Waals surface area contributed by atoms with E-state index < -0.39 is 0 Å². The van der Waals surface area contributed by atoms with Gasteiger partial charge in [0.15, 0.2) is 0 Å². The lowest BCUT2D eigenvalue weighted by Gasteiger charge is -2.06.